The van der Waals surface area contributed by atoms with Crippen molar-refractivity contribution >= 4 is 26.6 Å². The Morgan fingerprint density at radius 3 is 1.69 bits per heavy atom. The molecule has 0 fully saturated rings. The van der Waals surface area contributed by atoms with E-state index in [9.17, 15) is 0 Å². The van der Waals surface area contributed by atoms with Gasteiger partial charge in [-0.05, 0) is 0 Å². The number of hydrogen-bond acceptors (Lipinski definition) is 0. The summed E-state index contributed by atoms with van der Waals surface area (Å²) in [5.74, 6) is 0. The van der Waals surface area contributed by atoms with Crippen LogP contribution in [0.2, 0.25) is 0 Å². The first-order valence-corrected chi connectivity index (χ1v) is 3.74. The van der Waals surface area contributed by atoms with E-state index in [1.54, 1.807) is 12.1 Å². The molecule has 3 heteroatoms. The summed E-state index contributed by atoms with van der Waals surface area (Å²) in [6.45, 7) is 0. The van der Waals surface area contributed by atoms with Gasteiger partial charge in [0.2, 0.25) is 0 Å². The summed E-state index contributed by atoms with van der Waals surface area (Å²) in [7, 11) is 10.6. The van der Waals surface area contributed by atoms with Crippen LogP contribution in [0.15, 0.2) is 48.5 Å². The van der Waals surface area contributed by atoms with Gasteiger partial charge in [0.25, 0.3) is 0 Å². The molecule has 0 saturated carbocycles. The van der Waals surface area contributed by atoms with Gasteiger partial charge >= 0.3 is 0 Å². The van der Waals surface area contributed by atoms with E-state index in [0.29, 0.717) is 10.9 Å². The second-order valence-electron chi connectivity index (χ2n) is 2.40. The molecule has 13 heavy (non-hydrogen) atoms. The molecule has 68 valence electrons. The quantitative estimate of drug-likeness (QED) is 0.432. The van der Waals surface area contributed by atoms with Crippen LogP contribution in [0.25, 0.3) is 0 Å². The third kappa shape index (κ3) is 4.82. The smallest absolute Gasteiger partial charge is 0.0764 e. The van der Waals surface area contributed by atoms with Crippen LogP contribution in [0.3, 0.4) is 0 Å². The third-order valence-electron chi connectivity index (χ3n) is 1.44. The van der Waals surface area contributed by atoms with Gasteiger partial charge in [0, 0.05) is 24.9 Å². The van der Waals surface area contributed by atoms with Crippen LogP contribution >= 0.6 is 0 Å². The predicted octanol–water partition coefficient (Wildman–Crippen LogP) is 0.396. The van der Waals surface area contributed by atoms with E-state index in [2.05, 4.69) is 0 Å². The Morgan fingerprint density at radius 2 is 1.54 bits per heavy atom. The minimum absolute atomic E-state index is 0. The topological polar surface area (TPSA) is 0 Å². The molecule has 0 atom stereocenters. The fraction of sp³-hybridized carbons (Fsp3) is 0. The van der Waals surface area contributed by atoms with Crippen LogP contribution < -0.4 is 10.9 Å². The van der Waals surface area contributed by atoms with E-state index >= 15 is 0 Å². The maximum Gasteiger partial charge on any atom is 0.0764 e. The Labute approximate surface area is 92.4 Å². The Morgan fingerprint density at radius 1 is 1.08 bits per heavy atom. The molecule has 0 aliphatic rings. The zero-order valence-electron chi connectivity index (χ0n) is 7.13. The largest absolute Gasteiger partial charge is 0.748 e. The SMILES string of the molecule is [B]c1ccc[c-]1[B].[Fe].[cH-]1[cH-][cH-][cH-][cH-]1. The van der Waals surface area contributed by atoms with Crippen molar-refractivity contribution in [2.75, 3.05) is 0 Å². The summed E-state index contributed by atoms with van der Waals surface area (Å²) in [5, 5.41) is 0. The summed E-state index contributed by atoms with van der Waals surface area (Å²) in [6, 6.07) is 15.4. The molecular formula is C10H8B2Fe-6. The van der Waals surface area contributed by atoms with Crippen molar-refractivity contribution < 1.29 is 17.1 Å². The first-order valence-electron chi connectivity index (χ1n) is 3.74. The molecule has 0 unspecified atom stereocenters. The van der Waals surface area contributed by atoms with Crippen molar-refractivity contribution in [2.24, 2.45) is 0 Å². The van der Waals surface area contributed by atoms with Crippen molar-refractivity contribution in [1.29, 1.82) is 0 Å². The predicted molar refractivity (Wildman–Crippen MR) is 54.8 cm³/mol. The van der Waals surface area contributed by atoms with E-state index in [0.717, 1.165) is 0 Å². The van der Waals surface area contributed by atoms with Gasteiger partial charge in [0.05, 0.1) is 7.85 Å². The van der Waals surface area contributed by atoms with Crippen LogP contribution in [0.1, 0.15) is 0 Å². The van der Waals surface area contributed by atoms with E-state index in [1.807, 2.05) is 36.4 Å². The van der Waals surface area contributed by atoms with Crippen molar-refractivity contribution in [2.45, 2.75) is 0 Å². The standard InChI is InChI=1S/C5H3B2.C5H5.Fe/c6-4-2-1-3-5(4)7;1-2-4-5-3-1;/h1-3H;1-5H;/q-1;-5;. The second-order valence-corrected chi connectivity index (χ2v) is 2.40. The molecule has 0 amide bonds. The first kappa shape index (κ1) is 12.3. The number of hydrogen-bond donors (Lipinski definition) is 0. The molecule has 4 radical (unpaired) electrons. The van der Waals surface area contributed by atoms with Gasteiger partial charge in [-0.15, -0.1) is 0 Å². The van der Waals surface area contributed by atoms with Gasteiger partial charge in [0.1, 0.15) is 0 Å². The maximum atomic E-state index is 5.31. The van der Waals surface area contributed by atoms with E-state index < -0.39 is 0 Å². The monoisotopic (exact) mass is 206 g/mol. The Hall–Kier alpha value is -0.651. The summed E-state index contributed by atoms with van der Waals surface area (Å²) in [6.07, 6.45) is 0. The molecule has 2 aromatic carbocycles. The van der Waals surface area contributed by atoms with Crippen molar-refractivity contribution in [1.82, 2.24) is 0 Å². The summed E-state index contributed by atoms with van der Waals surface area (Å²) in [4.78, 5) is 0. The molecule has 2 aromatic rings. The summed E-state index contributed by atoms with van der Waals surface area (Å²) in [5.41, 5.74) is 1.33. The Balaban J connectivity index is 0.000000215. The van der Waals surface area contributed by atoms with Crippen molar-refractivity contribution in [3.63, 3.8) is 0 Å². The van der Waals surface area contributed by atoms with Crippen LogP contribution in [0.4, 0.5) is 0 Å². The summed E-state index contributed by atoms with van der Waals surface area (Å²) >= 11 is 0. The average molecular weight is 206 g/mol. The van der Waals surface area contributed by atoms with Crippen molar-refractivity contribution in [3.8, 4) is 0 Å². The fourth-order valence-corrected chi connectivity index (χ4v) is 0.769. The van der Waals surface area contributed by atoms with Gasteiger partial charge < -0.3 is 30.3 Å². The van der Waals surface area contributed by atoms with Crippen LogP contribution in [0, 0.1) is 0 Å². The fourth-order valence-electron chi connectivity index (χ4n) is 0.769. The zero-order valence-corrected chi connectivity index (χ0v) is 8.23. The van der Waals surface area contributed by atoms with E-state index in [4.69, 9.17) is 15.7 Å². The molecule has 0 nitrogen and oxygen atoms in total. The van der Waals surface area contributed by atoms with E-state index in [1.165, 1.54) is 0 Å². The molecule has 2 rings (SSSR count). The molecule has 0 aromatic heterocycles. The molecular weight excluding hydrogens is 198 g/mol. The third-order valence-corrected chi connectivity index (χ3v) is 1.44. The summed E-state index contributed by atoms with van der Waals surface area (Å²) < 4.78 is 0. The minimum atomic E-state index is 0. The Bertz CT molecular complexity index is 265. The van der Waals surface area contributed by atoms with Crippen LogP contribution in [-0.2, 0) is 17.1 Å². The van der Waals surface area contributed by atoms with Crippen molar-refractivity contribution in [3.05, 3.63) is 48.5 Å². The van der Waals surface area contributed by atoms with Crippen LogP contribution in [-0.4, -0.2) is 15.7 Å². The van der Waals surface area contributed by atoms with Gasteiger partial charge in [-0.2, -0.15) is 6.07 Å². The molecule has 0 aliphatic carbocycles. The Kier molecular flexibility index (Phi) is 6.48. The molecule has 0 saturated heterocycles. The maximum absolute atomic E-state index is 5.31. The van der Waals surface area contributed by atoms with Gasteiger partial charge in [-0.25, -0.2) is 23.1 Å². The molecule has 0 bridgehead atoms. The van der Waals surface area contributed by atoms with Crippen LogP contribution in [0.5, 0.6) is 0 Å². The first-order chi connectivity index (χ1) is 5.80. The van der Waals surface area contributed by atoms with Gasteiger partial charge in [-0.1, -0.05) is 0 Å². The average Bonchev–Trinajstić information content (AvgIpc) is 2.67. The van der Waals surface area contributed by atoms with E-state index in [-0.39, 0.29) is 17.1 Å². The minimum Gasteiger partial charge on any atom is -0.748 e. The zero-order chi connectivity index (χ0) is 8.81. The molecule has 0 spiro atoms. The van der Waals surface area contributed by atoms with Gasteiger partial charge in [-0.3, -0.25) is 0 Å². The molecule has 0 aliphatic heterocycles. The van der Waals surface area contributed by atoms with Gasteiger partial charge in [0.15, 0.2) is 0 Å². The second kappa shape index (κ2) is 6.82. The molecule has 0 heterocycles. The molecule has 0 N–H and O–H groups in total. The normalized spacial score (nSPS) is 8.00. The number of rotatable bonds is 0.